The molecule has 4 bridgehead atoms. The van der Waals surface area contributed by atoms with Crippen molar-refractivity contribution in [3.63, 3.8) is 0 Å². The number of aliphatic hydroxyl groups is 2. The molecule has 38 heavy (non-hydrogen) atoms. The highest BCUT2D eigenvalue weighted by Crippen LogP contribution is 2.60. The van der Waals surface area contributed by atoms with Crippen molar-refractivity contribution in [2.75, 3.05) is 19.7 Å². The Balaban J connectivity index is 1.37. The molecule has 3 N–H and O–H groups in total. The molecule has 5 aliphatic carbocycles. The molecule has 4 saturated carbocycles. The summed E-state index contributed by atoms with van der Waals surface area (Å²) in [7, 11) is 0. The highest BCUT2D eigenvalue weighted by Gasteiger charge is 2.55. The number of rotatable bonds is 8. The quantitative estimate of drug-likeness (QED) is 0.486. The lowest BCUT2D eigenvalue weighted by Gasteiger charge is -2.58. The summed E-state index contributed by atoms with van der Waals surface area (Å²) in [5.74, 6) is 2.48. The van der Waals surface area contributed by atoms with Crippen LogP contribution in [0.5, 0.6) is 5.75 Å². The number of carbonyl (C=O) groups is 2. The highest BCUT2D eigenvalue weighted by molar-refractivity contribution is 5.96. The Bertz CT molecular complexity index is 1080. The average molecular weight is 523 g/mol. The molecule has 206 valence electrons. The SMILES string of the molecule is CC(C)CC(=O)N(CC12CC3CC(CC(C3)C1)C2)C1C=C(C(=O)NCCO)C2c3ccccc3OC2C1O. The number of benzene rings is 1. The van der Waals surface area contributed by atoms with Gasteiger partial charge in [-0.05, 0) is 79.8 Å². The number of aliphatic hydroxyl groups excluding tert-OH is 2. The van der Waals surface area contributed by atoms with Crippen molar-refractivity contribution in [3.05, 3.63) is 41.5 Å². The van der Waals surface area contributed by atoms with Crippen LogP contribution in [0.1, 0.15) is 70.3 Å². The predicted octanol–water partition coefficient (Wildman–Crippen LogP) is 3.40. The van der Waals surface area contributed by atoms with Gasteiger partial charge in [0.2, 0.25) is 11.8 Å². The topological polar surface area (TPSA) is 99.1 Å². The van der Waals surface area contributed by atoms with Crippen molar-refractivity contribution in [2.45, 2.75) is 83.0 Å². The second-order valence-electron chi connectivity index (χ2n) is 13.2. The predicted molar refractivity (Wildman–Crippen MR) is 143 cm³/mol. The standard InChI is InChI=1S/C31H42N2O5/c1-18(2)9-26(35)33(17-31-14-19-10-20(15-31)12-21(11-19)16-31)24-13-23(30(37)32-7-8-34)27-22-5-3-4-6-25(22)38-29(27)28(24)36/h3-6,13,18-21,24,27-29,34,36H,7-12,14-17H2,1-2H3,(H,32,37). The normalized spacial score (nSPS) is 36.3. The Hall–Kier alpha value is -2.38. The van der Waals surface area contributed by atoms with Crippen LogP contribution in [0.15, 0.2) is 35.9 Å². The van der Waals surface area contributed by atoms with Crippen LogP contribution in [0.25, 0.3) is 0 Å². The van der Waals surface area contributed by atoms with Gasteiger partial charge >= 0.3 is 0 Å². The minimum atomic E-state index is -0.952. The molecular weight excluding hydrogens is 480 g/mol. The lowest BCUT2D eigenvalue weighted by molar-refractivity contribution is -0.145. The Morgan fingerprint density at radius 1 is 1.11 bits per heavy atom. The van der Waals surface area contributed by atoms with Gasteiger partial charge in [0.05, 0.1) is 18.6 Å². The second-order valence-corrected chi connectivity index (χ2v) is 13.2. The third kappa shape index (κ3) is 4.56. The number of fused-ring (bicyclic) bond motifs is 3. The van der Waals surface area contributed by atoms with Crippen LogP contribution in [-0.4, -0.2) is 64.9 Å². The number of amides is 2. The van der Waals surface area contributed by atoms with Gasteiger partial charge < -0.3 is 25.2 Å². The van der Waals surface area contributed by atoms with E-state index in [9.17, 15) is 19.8 Å². The van der Waals surface area contributed by atoms with Gasteiger partial charge in [-0.25, -0.2) is 0 Å². The molecule has 1 heterocycles. The summed E-state index contributed by atoms with van der Waals surface area (Å²) in [5.41, 5.74) is 1.49. The van der Waals surface area contributed by atoms with Crippen molar-refractivity contribution in [3.8, 4) is 5.75 Å². The lowest BCUT2D eigenvalue weighted by atomic mass is 9.49. The van der Waals surface area contributed by atoms with E-state index in [-0.39, 0.29) is 36.3 Å². The first kappa shape index (κ1) is 25.9. The monoisotopic (exact) mass is 522 g/mol. The molecule has 1 aromatic carbocycles. The maximum atomic E-state index is 13.9. The van der Waals surface area contributed by atoms with E-state index in [1.54, 1.807) is 0 Å². The molecule has 0 spiro atoms. The zero-order valence-corrected chi connectivity index (χ0v) is 22.6. The number of carbonyl (C=O) groups excluding carboxylic acids is 2. The molecular formula is C31H42N2O5. The first-order valence-electron chi connectivity index (χ1n) is 14.6. The van der Waals surface area contributed by atoms with Crippen LogP contribution < -0.4 is 10.1 Å². The number of nitrogens with one attached hydrogen (secondary N) is 1. The molecule has 0 aromatic heterocycles. The van der Waals surface area contributed by atoms with Crippen molar-refractivity contribution in [1.82, 2.24) is 10.2 Å². The van der Waals surface area contributed by atoms with Crippen LogP contribution in [0, 0.1) is 29.1 Å². The van der Waals surface area contributed by atoms with E-state index in [0.717, 1.165) is 42.6 Å². The summed E-state index contributed by atoms with van der Waals surface area (Å²) in [5, 5.41) is 24.0. The first-order valence-corrected chi connectivity index (χ1v) is 14.6. The molecule has 7 nitrogen and oxygen atoms in total. The Kier molecular flexibility index (Phi) is 6.79. The molecule has 4 atom stereocenters. The van der Waals surface area contributed by atoms with Gasteiger partial charge in [-0.3, -0.25) is 9.59 Å². The van der Waals surface area contributed by atoms with E-state index in [2.05, 4.69) is 19.2 Å². The van der Waals surface area contributed by atoms with Crippen LogP contribution in [-0.2, 0) is 9.59 Å². The van der Waals surface area contributed by atoms with E-state index >= 15 is 0 Å². The molecule has 7 heteroatoms. The number of hydrogen-bond acceptors (Lipinski definition) is 5. The van der Waals surface area contributed by atoms with Gasteiger partial charge in [0.1, 0.15) is 18.0 Å². The van der Waals surface area contributed by atoms with E-state index in [1.165, 1.54) is 19.3 Å². The average Bonchev–Trinajstić information content (AvgIpc) is 3.25. The third-order valence-corrected chi connectivity index (χ3v) is 9.81. The zero-order chi connectivity index (χ0) is 26.6. The molecule has 0 saturated heterocycles. The fourth-order valence-corrected chi connectivity index (χ4v) is 8.86. The smallest absolute Gasteiger partial charge is 0.247 e. The van der Waals surface area contributed by atoms with Crippen molar-refractivity contribution >= 4 is 11.8 Å². The number of hydrogen-bond donors (Lipinski definition) is 3. The van der Waals surface area contributed by atoms with Crippen LogP contribution in [0.2, 0.25) is 0 Å². The van der Waals surface area contributed by atoms with Crippen molar-refractivity contribution in [2.24, 2.45) is 29.1 Å². The highest BCUT2D eigenvalue weighted by atomic mass is 16.5. The summed E-state index contributed by atoms with van der Waals surface area (Å²) < 4.78 is 6.28. The summed E-state index contributed by atoms with van der Waals surface area (Å²) >= 11 is 0. The Labute approximate surface area is 225 Å². The van der Waals surface area contributed by atoms with Crippen LogP contribution >= 0.6 is 0 Å². The maximum Gasteiger partial charge on any atom is 0.247 e. The molecule has 6 aliphatic rings. The molecule has 4 unspecified atom stereocenters. The van der Waals surface area contributed by atoms with Gasteiger partial charge in [0.15, 0.2) is 0 Å². The van der Waals surface area contributed by atoms with E-state index in [4.69, 9.17) is 4.74 Å². The summed E-state index contributed by atoms with van der Waals surface area (Å²) in [4.78, 5) is 29.2. The van der Waals surface area contributed by atoms with Crippen LogP contribution in [0.4, 0.5) is 0 Å². The summed E-state index contributed by atoms with van der Waals surface area (Å²) in [6.07, 6.45) is 8.11. The number of para-hydroxylation sites is 1. The van der Waals surface area contributed by atoms with Crippen molar-refractivity contribution < 1.29 is 24.5 Å². The molecule has 0 radical (unpaired) electrons. The molecule has 1 aliphatic heterocycles. The minimum absolute atomic E-state index is 0.0418. The van der Waals surface area contributed by atoms with E-state index in [0.29, 0.717) is 24.3 Å². The summed E-state index contributed by atoms with van der Waals surface area (Å²) in [6, 6.07) is 6.98. The number of nitrogens with zero attached hydrogens (tertiary/aromatic N) is 1. The minimum Gasteiger partial charge on any atom is -0.486 e. The van der Waals surface area contributed by atoms with Crippen molar-refractivity contribution in [1.29, 1.82) is 0 Å². The van der Waals surface area contributed by atoms with Gasteiger partial charge in [0.25, 0.3) is 0 Å². The van der Waals surface area contributed by atoms with Gasteiger partial charge in [-0.15, -0.1) is 0 Å². The second kappa shape index (κ2) is 9.98. The number of ether oxygens (including phenoxy) is 1. The fourth-order valence-electron chi connectivity index (χ4n) is 8.86. The largest absolute Gasteiger partial charge is 0.486 e. The van der Waals surface area contributed by atoms with E-state index < -0.39 is 24.2 Å². The first-order chi connectivity index (χ1) is 18.3. The zero-order valence-electron chi connectivity index (χ0n) is 22.6. The molecule has 7 rings (SSSR count). The summed E-state index contributed by atoms with van der Waals surface area (Å²) in [6.45, 7) is 4.73. The molecule has 2 amide bonds. The van der Waals surface area contributed by atoms with E-state index in [1.807, 2.05) is 35.2 Å². The van der Waals surface area contributed by atoms with Gasteiger partial charge in [-0.1, -0.05) is 32.0 Å². The van der Waals surface area contributed by atoms with Gasteiger partial charge in [-0.2, -0.15) is 0 Å². The fraction of sp³-hybridized carbons (Fsp3) is 0.677. The maximum absolute atomic E-state index is 13.9. The molecule has 1 aromatic rings. The molecule has 4 fully saturated rings. The van der Waals surface area contributed by atoms with Crippen LogP contribution in [0.3, 0.4) is 0 Å². The Morgan fingerprint density at radius 3 is 2.39 bits per heavy atom. The Morgan fingerprint density at radius 2 is 1.76 bits per heavy atom. The lowest BCUT2D eigenvalue weighted by Crippen LogP contribution is -2.60. The van der Waals surface area contributed by atoms with Gasteiger partial charge in [0, 0.05) is 30.6 Å². The third-order valence-electron chi connectivity index (χ3n) is 9.81.